The van der Waals surface area contributed by atoms with Gasteiger partial charge in [0.15, 0.2) is 0 Å². The number of anilines is 2. The quantitative estimate of drug-likeness (QED) is 0.637. The Morgan fingerprint density at radius 3 is 2.82 bits per heavy atom. The summed E-state index contributed by atoms with van der Waals surface area (Å²) < 4.78 is 5.41. The normalized spacial score (nSPS) is 12.2. The Kier molecular flexibility index (Phi) is 5.63. The summed E-state index contributed by atoms with van der Waals surface area (Å²) in [4.78, 5) is 0. The molecule has 1 atom stereocenters. The van der Waals surface area contributed by atoms with Crippen molar-refractivity contribution in [3.8, 4) is 5.75 Å². The van der Waals surface area contributed by atoms with Crippen molar-refractivity contribution in [2.24, 2.45) is 0 Å². The van der Waals surface area contributed by atoms with E-state index >= 15 is 0 Å². The molecule has 1 aromatic carbocycles. The van der Waals surface area contributed by atoms with Crippen LogP contribution in [0.1, 0.15) is 26.7 Å². The van der Waals surface area contributed by atoms with E-state index in [1.54, 1.807) is 0 Å². The van der Waals surface area contributed by atoms with Crippen LogP contribution in [0.4, 0.5) is 11.4 Å². The molecular formula is C13H22N2O2. The Bertz CT molecular complexity index is 342. The molecule has 0 aromatic heterocycles. The number of ether oxygens (including phenoxy) is 1. The Morgan fingerprint density at radius 1 is 1.41 bits per heavy atom. The summed E-state index contributed by atoms with van der Waals surface area (Å²) in [5.41, 5.74) is 7.39. The van der Waals surface area contributed by atoms with Gasteiger partial charge in [-0.2, -0.15) is 0 Å². The van der Waals surface area contributed by atoms with Crippen molar-refractivity contribution in [2.75, 3.05) is 24.2 Å². The van der Waals surface area contributed by atoms with Crippen LogP contribution in [0.3, 0.4) is 0 Å². The molecule has 0 fully saturated rings. The van der Waals surface area contributed by atoms with Gasteiger partial charge in [0.25, 0.3) is 0 Å². The van der Waals surface area contributed by atoms with Gasteiger partial charge in [0.2, 0.25) is 0 Å². The van der Waals surface area contributed by atoms with E-state index in [1.807, 2.05) is 32.0 Å². The minimum atomic E-state index is -0.234. The fourth-order valence-electron chi connectivity index (χ4n) is 1.51. The number of benzene rings is 1. The van der Waals surface area contributed by atoms with Gasteiger partial charge in [-0.25, -0.2) is 0 Å². The maximum atomic E-state index is 9.43. The molecule has 4 N–H and O–H groups in total. The van der Waals surface area contributed by atoms with Crippen molar-refractivity contribution >= 4 is 11.4 Å². The summed E-state index contributed by atoms with van der Waals surface area (Å²) in [7, 11) is 0. The molecule has 0 saturated heterocycles. The third kappa shape index (κ3) is 4.53. The fourth-order valence-corrected chi connectivity index (χ4v) is 1.51. The Balaban J connectivity index is 2.51. The first-order valence-corrected chi connectivity index (χ1v) is 6.11. The summed E-state index contributed by atoms with van der Waals surface area (Å²) in [6.45, 7) is 5.24. The van der Waals surface area contributed by atoms with E-state index in [-0.39, 0.29) is 6.10 Å². The first kappa shape index (κ1) is 13.6. The zero-order valence-corrected chi connectivity index (χ0v) is 10.6. The second-order valence-electron chi connectivity index (χ2n) is 3.96. The SMILES string of the molecule is CCOc1cc(NCCC(O)CC)ccc1N. The number of aliphatic hydroxyl groups is 1. The molecule has 0 aliphatic carbocycles. The van der Waals surface area contributed by atoms with Crippen LogP contribution >= 0.6 is 0 Å². The molecule has 0 aliphatic heterocycles. The Labute approximate surface area is 103 Å². The van der Waals surface area contributed by atoms with Crippen LogP contribution in [0.2, 0.25) is 0 Å². The molecule has 4 nitrogen and oxygen atoms in total. The van der Waals surface area contributed by atoms with Gasteiger partial charge in [0, 0.05) is 18.3 Å². The van der Waals surface area contributed by atoms with Crippen molar-refractivity contribution in [1.29, 1.82) is 0 Å². The van der Waals surface area contributed by atoms with Crippen LogP contribution in [0.25, 0.3) is 0 Å². The van der Waals surface area contributed by atoms with Crippen LogP contribution in [0, 0.1) is 0 Å². The van der Waals surface area contributed by atoms with Gasteiger partial charge < -0.3 is 20.9 Å². The molecule has 1 aromatic rings. The summed E-state index contributed by atoms with van der Waals surface area (Å²) in [5, 5.41) is 12.7. The molecule has 1 unspecified atom stereocenters. The first-order valence-electron chi connectivity index (χ1n) is 6.11. The maximum absolute atomic E-state index is 9.43. The lowest BCUT2D eigenvalue weighted by Gasteiger charge is -2.12. The van der Waals surface area contributed by atoms with Crippen molar-refractivity contribution in [2.45, 2.75) is 32.8 Å². The minimum Gasteiger partial charge on any atom is -0.492 e. The molecule has 0 radical (unpaired) electrons. The minimum absolute atomic E-state index is 0.234. The van der Waals surface area contributed by atoms with Crippen molar-refractivity contribution in [3.05, 3.63) is 18.2 Å². The van der Waals surface area contributed by atoms with Crippen LogP contribution in [0.15, 0.2) is 18.2 Å². The van der Waals surface area contributed by atoms with Crippen molar-refractivity contribution < 1.29 is 9.84 Å². The van der Waals surface area contributed by atoms with E-state index in [4.69, 9.17) is 10.5 Å². The van der Waals surface area contributed by atoms with Crippen LogP contribution in [-0.4, -0.2) is 24.4 Å². The zero-order valence-electron chi connectivity index (χ0n) is 10.6. The van der Waals surface area contributed by atoms with E-state index in [1.165, 1.54) is 0 Å². The summed E-state index contributed by atoms with van der Waals surface area (Å²) >= 11 is 0. The lowest BCUT2D eigenvalue weighted by molar-refractivity contribution is 0.164. The molecular weight excluding hydrogens is 216 g/mol. The highest BCUT2D eigenvalue weighted by molar-refractivity contribution is 5.61. The van der Waals surface area contributed by atoms with E-state index in [2.05, 4.69) is 5.32 Å². The number of hydrogen-bond donors (Lipinski definition) is 3. The molecule has 96 valence electrons. The number of hydrogen-bond acceptors (Lipinski definition) is 4. The van der Waals surface area contributed by atoms with Gasteiger partial charge in [-0.05, 0) is 31.9 Å². The number of rotatable bonds is 7. The standard InChI is InChI=1S/C13H22N2O2/c1-3-11(16)7-8-15-10-5-6-12(14)13(9-10)17-4-2/h5-6,9,11,15-16H,3-4,7-8,14H2,1-2H3. The van der Waals surface area contributed by atoms with Gasteiger partial charge >= 0.3 is 0 Å². The second-order valence-corrected chi connectivity index (χ2v) is 3.96. The highest BCUT2D eigenvalue weighted by Gasteiger charge is 2.03. The Morgan fingerprint density at radius 2 is 2.18 bits per heavy atom. The van der Waals surface area contributed by atoms with Crippen LogP contribution in [-0.2, 0) is 0 Å². The summed E-state index contributed by atoms with van der Waals surface area (Å²) in [5.74, 6) is 0.702. The molecule has 17 heavy (non-hydrogen) atoms. The third-order valence-corrected chi connectivity index (χ3v) is 2.59. The fraction of sp³-hybridized carbons (Fsp3) is 0.538. The van der Waals surface area contributed by atoms with E-state index in [0.29, 0.717) is 18.0 Å². The Hall–Kier alpha value is -1.42. The smallest absolute Gasteiger partial charge is 0.144 e. The molecule has 0 bridgehead atoms. The van der Waals surface area contributed by atoms with Gasteiger partial charge in [-0.1, -0.05) is 6.92 Å². The topological polar surface area (TPSA) is 67.5 Å². The van der Waals surface area contributed by atoms with Gasteiger partial charge in [0.1, 0.15) is 5.75 Å². The van der Waals surface area contributed by atoms with Crippen molar-refractivity contribution in [1.82, 2.24) is 0 Å². The lowest BCUT2D eigenvalue weighted by atomic mass is 10.2. The molecule has 0 aliphatic rings. The van der Waals surface area contributed by atoms with E-state index < -0.39 is 0 Å². The number of nitrogen functional groups attached to an aromatic ring is 1. The summed E-state index contributed by atoms with van der Waals surface area (Å²) in [6.07, 6.45) is 1.29. The molecule has 0 heterocycles. The average molecular weight is 238 g/mol. The van der Waals surface area contributed by atoms with Gasteiger partial charge in [-0.3, -0.25) is 0 Å². The van der Waals surface area contributed by atoms with Gasteiger partial charge in [-0.15, -0.1) is 0 Å². The van der Waals surface area contributed by atoms with Crippen LogP contribution in [0.5, 0.6) is 5.75 Å². The largest absolute Gasteiger partial charge is 0.492 e. The zero-order chi connectivity index (χ0) is 12.7. The average Bonchev–Trinajstić information content (AvgIpc) is 2.33. The maximum Gasteiger partial charge on any atom is 0.144 e. The molecule has 0 amide bonds. The molecule has 0 saturated carbocycles. The second kappa shape index (κ2) is 7.01. The van der Waals surface area contributed by atoms with Crippen LogP contribution < -0.4 is 15.8 Å². The number of nitrogens with two attached hydrogens (primary N) is 1. The number of nitrogens with one attached hydrogen (secondary N) is 1. The number of aliphatic hydroxyl groups excluding tert-OH is 1. The molecule has 1 rings (SSSR count). The monoisotopic (exact) mass is 238 g/mol. The third-order valence-electron chi connectivity index (χ3n) is 2.59. The predicted molar refractivity (Wildman–Crippen MR) is 71.4 cm³/mol. The van der Waals surface area contributed by atoms with E-state index in [9.17, 15) is 5.11 Å². The molecule has 0 spiro atoms. The van der Waals surface area contributed by atoms with Gasteiger partial charge in [0.05, 0.1) is 18.4 Å². The molecule has 4 heteroatoms. The highest BCUT2D eigenvalue weighted by Crippen LogP contribution is 2.25. The highest BCUT2D eigenvalue weighted by atomic mass is 16.5. The predicted octanol–water partition coefficient (Wildman–Crippen LogP) is 2.24. The first-order chi connectivity index (χ1) is 8.17. The van der Waals surface area contributed by atoms with Crippen molar-refractivity contribution in [3.63, 3.8) is 0 Å². The summed E-state index contributed by atoms with van der Waals surface area (Å²) in [6, 6.07) is 5.62. The lowest BCUT2D eigenvalue weighted by Crippen LogP contribution is -2.12. The van der Waals surface area contributed by atoms with E-state index in [0.717, 1.165) is 25.1 Å².